The molecule has 1 aliphatic rings. The van der Waals surface area contributed by atoms with Gasteiger partial charge in [0, 0.05) is 19.6 Å². The van der Waals surface area contributed by atoms with Gasteiger partial charge in [0.2, 0.25) is 5.91 Å². The lowest BCUT2D eigenvalue weighted by Gasteiger charge is -2.33. The summed E-state index contributed by atoms with van der Waals surface area (Å²) in [6.07, 6.45) is 1.79. The van der Waals surface area contributed by atoms with Gasteiger partial charge in [0.15, 0.2) is 0 Å². The summed E-state index contributed by atoms with van der Waals surface area (Å²) in [6.45, 7) is 5.69. The highest BCUT2D eigenvalue weighted by molar-refractivity contribution is 5.88. The summed E-state index contributed by atoms with van der Waals surface area (Å²) in [6, 6.07) is 7.71. The smallest absolute Gasteiger partial charge is 0.263 e. The van der Waals surface area contributed by atoms with Crippen LogP contribution < -0.4 is 15.0 Å². The van der Waals surface area contributed by atoms with E-state index in [1.807, 2.05) is 38.1 Å². The van der Waals surface area contributed by atoms with E-state index >= 15 is 0 Å². The second-order valence-corrected chi connectivity index (χ2v) is 7.39. The zero-order valence-electron chi connectivity index (χ0n) is 16.9. The molecule has 0 unspecified atom stereocenters. The van der Waals surface area contributed by atoms with Gasteiger partial charge in [-0.05, 0) is 44.4 Å². The number of rotatable bonds is 5. The van der Waals surface area contributed by atoms with Crippen LogP contribution in [0.15, 0.2) is 28.8 Å². The zero-order chi connectivity index (χ0) is 20.4. The summed E-state index contributed by atoms with van der Waals surface area (Å²) >= 11 is 0. The Morgan fingerprint density at radius 1 is 1.28 bits per heavy atom. The molecule has 1 amide bonds. The van der Waals surface area contributed by atoms with Crippen molar-refractivity contribution in [3.8, 4) is 5.75 Å². The molecule has 1 aromatic carbocycles. The number of carbonyl (C=O) groups excluding carboxylic acids is 1. The Morgan fingerprint density at radius 3 is 2.83 bits per heavy atom. The van der Waals surface area contributed by atoms with E-state index in [9.17, 15) is 4.79 Å². The second kappa shape index (κ2) is 8.06. The molecule has 0 radical (unpaired) electrons. The van der Waals surface area contributed by atoms with E-state index in [2.05, 4.69) is 25.3 Å². The van der Waals surface area contributed by atoms with Crippen molar-refractivity contribution in [1.82, 2.24) is 20.4 Å². The first kappa shape index (κ1) is 19.2. The van der Waals surface area contributed by atoms with Crippen LogP contribution in [0.1, 0.15) is 29.9 Å². The van der Waals surface area contributed by atoms with Gasteiger partial charge in [-0.2, -0.15) is 4.98 Å². The number of hydrogen-bond donors (Lipinski definition) is 1. The maximum atomic E-state index is 12.8. The van der Waals surface area contributed by atoms with Gasteiger partial charge >= 0.3 is 0 Å². The van der Waals surface area contributed by atoms with Gasteiger partial charge in [-0.1, -0.05) is 17.3 Å². The van der Waals surface area contributed by atoms with Crippen LogP contribution in [0, 0.1) is 19.8 Å². The van der Waals surface area contributed by atoms with Crippen molar-refractivity contribution in [3.63, 3.8) is 0 Å². The molecular formula is C21H25N5O3. The predicted molar refractivity (Wildman–Crippen MR) is 109 cm³/mol. The Bertz CT molecular complexity index is 1020. The van der Waals surface area contributed by atoms with Crippen LogP contribution in [0.3, 0.4) is 0 Å². The number of nitrogens with one attached hydrogen (secondary N) is 1. The van der Waals surface area contributed by atoms with Gasteiger partial charge in [-0.25, -0.2) is 4.98 Å². The van der Waals surface area contributed by atoms with E-state index in [0.29, 0.717) is 24.6 Å². The van der Waals surface area contributed by atoms with Gasteiger partial charge < -0.3 is 19.5 Å². The summed E-state index contributed by atoms with van der Waals surface area (Å²) in [5.74, 6) is 2.22. The molecular weight excluding hydrogens is 370 g/mol. The standard InChI is InChI=1S/C21H25N5O3/c1-13-18-19(23-14(2)24-21(18)29-25-13)26-10-4-5-16(12-26)20(27)22-11-15-6-8-17(28-3)9-7-15/h6-9,16H,4-5,10-12H2,1-3H3,(H,22,27)/t16-/m0/s1. The van der Waals surface area contributed by atoms with Crippen LogP contribution in [-0.2, 0) is 11.3 Å². The van der Waals surface area contributed by atoms with E-state index in [1.54, 1.807) is 7.11 Å². The fourth-order valence-electron chi connectivity index (χ4n) is 3.76. The number of benzene rings is 1. The Balaban J connectivity index is 1.45. The highest BCUT2D eigenvalue weighted by Crippen LogP contribution is 2.30. The van der Waals surface area contributed by atoms with Crippen molar-refractivity contribution in [3.05, 3.63) is 41.3 Å². The largest absolute Gasteiger partial charge is 0.497 e. The fourth-order valence-corrected chi connectivity index (χ4v) is 3.76. The number of anilines is 1. The number of ether oxygens (including phenoxy) is 1. The summed E-state index contributed by atoms with van der Waals surface area (Å²) in [4.78, 5) is 23.9. The van der Waals surface area contributed by atoms with Gasteiger partial charge in [0.1, 0.15) is 22.8 Å². The van der Waals surface area contributed by atoms with Crippen molar-refractivity contribution in [2.75, 3.05) is 25.1 Å². The molecule has 2 aromatic heterocycles. The number of hydrogen-bond acceptors (Lipinski definition) is 7. The predicted octanol–water partition coefficient (Wildman–Crippen LogP) is 2.78. The normalized spacial score (nSPS) is 16.8. The van der Waals surface area contributed by atoms with Crippen LogP contribution in [0.4, 0.5) is 5.82 Å². The van der Waals surface area contributed by atoms with E-state index in [4.69, 9.17) is 9.26 Å². The van der Waals surface area contributed by atoms with Gasteiger partial charge in [0.05, 0.1) is 18.7 Å². The molecule has 1 fully saturated rings. The van der Waals surface area contributed by atoms with Crippen LogP contribution in [0.5, 0.6) is 5.75 Å². The molecule has 0 saturated carbocycles. The highest BCUT2D eigenvalue weighted by atomic mass is 16.5. The zero-order valence-corrected chi connectivity index (χ0v) is 16.9. The number of nitrogens with zero attached hydrogens (tertiary/aromatic N) is 4. The Morgan fingerprint density at radius 2 is 2.07 bits per heavy atom. The van der Waals surface area contributed by atoms with Crippen LogP contribution in [0.2, 0.25) is 0 Å². The highest BCUT2D eigenvalue weighted by Gasteiger charge is 2.28. The number of methoxy groups -OCH3 is 1. The maximum Gasteiger partial charge on any atom is 0.263 e. The summed E-state index contributed by atoms with van der Waals surface area (Å²) in [5, 5.41) is 7.92. The molecule has 0 aliphatic carbocycles. The lowest BCUT2D eigenvalue weighted by atomic mass is 9.96. The molecule has 8 nitrogen and oxygen atoms in total. The van der Waals surface area contributed by atoms with Crippen LogP contribution in [-0.4, -0.2) is 41.2 Å². The monoisotopic (exact) mass is 395 g/mol. The molecule has 152 valence electrons. The van der Waals surface area contributed by atoms with E-state index in [-0.39, 0.29) is 11.8 Å². The third kappa shape index (κ3) is 4.01. The Kier molecular flexibility index (Phi) is 5.33. The van der Waals surface area contributed by atoms with E-state index in [1.165, 1.54) is 0 Å². The first-order valence-electron chi connectivity index (χ1n) is 9.81. The van der Waals surface area contributed by atoms with Gasteiger partial charge in [-0.3, -0.25) is 4.79 Å². The lowest BCUT2D eigenvalue weighted by Crippen LogP contribution is -2.43. The van der Waals surface area contributed by atoms with Crippen molar-refractivity contribution < 1.29 is 14.1 Å². The van der Waals surface area contributed by atoms with E-state index < -0.39 is 0 Å². The molecule has 3 heterocycles. The average molecular weight is 395 g/mol. The van der Waals surface area contributed by atoms with Crippen molar-refractivity contribution in [2.24, 2.45) is 5.92 Å². The molecule has 29 heavy (non-hydrogen) atoms. The van der Waals surface area contributed by atoms with Gasteiger partial charge in [-0.15, -0.1) is 0 Å². The molecule has 1 saturated heterocycles. The topological polar surface area (TPSA) is 93.4 Å². The van der Waals surface area contributed by atoms with Crippen molar-refractivity contribution in [1.29, 1.82) is 0 Å². The number of amides is 1. The molecule has 4 rings (SSSR count). The minimum atomic E-state index is -0.0903. The molecule has 1 N–H and O–H groups in total. The van der Waals surface area contributed by atoms with Crippen molar-refractivity contribution >= 4 is 22.8 Å². The number of fused-ring (bicyclic) bond motifs is 1. The number of piperidine rings is 1. The fraction of sp³-hybridized carbons (Fsp3) is 0.429. The summed E-state index contributed by atoms with van der Waals surface area (Å²) in [5.41, 5.74) is 2.30. The van der Waals surface area contributed by atoms with Crippen LogP contribution >= 0.6 is 0 Å². The molecule has 1 aliphatic heterocycles. The van der Waals surface area contributed by atoms with Gasteiger partial charge in [0.25, 0.3) is 5.71 Å². The SMILES string of the molecule is COc1ccc(CNC(=O)[C@H]2CCCN(c3nc(C)nc4onc(C)c34)C2)cc1. The quantitative estimate of drug-likeness (QED) is 0.710. The van der Waals surface area contributed by atoms with Crippen LogP contribution in [0.25, 0.3) is 11.1 Å². The maximum absolute atomic E-state index is 12.8. The Hall–Kier alpha value is -3.16. The second-order valence-electron chi connectivity index (χ2n) is 7.39. The molecule has 1 atom stereocenters. The third-order valence-electron chi connectivity index (χ3n) is 5.32. The molecule has 0 spiro atoms. The number of carbonyl (C=O) groups is 1. The van der Waals surface area contributed by atoms with Crippen molar-refractivity contribution in [2.45, 2.75) is 33.2 Å². The molecule has 8 heteroatoms. The van der Waals surface area contributed by atoms with E-state index in [0.717, 1.165) is 47.6 Å². The third-order valence-corrected chi connectivity index (χ3v) is 5.32. The molecule has 0 bridgehead atoms. The lowest BCUT2D eigenvalue weighted by molar-refractivity contribution is -0.125. The minimum Gasteiger partial charge on any atom is -0.497 e. The summed E-state index contributed by atoms with van der Waals surface area (Å²) < 4.78 is 10.5. The minimum absolute atomic E-state index is 0.0644. The molecule has 3 aromatic rings. The number of aromatic nitrogens is 3. The Labute approximate surface area is 169 Å². The first-order chi connectivity index (χ1) is 14.0. The number of aryl methyl sites for hydroxylation is 2. The summed E-state index contributed by atoms with van der Waals surface area (Å²) in [7, 11) is 1.64. The first-order valence-corrected chi connectivity index (χ1v) is 9.81. The average Bonchev–Trinajstić information content (AvgIpc) is 3.12.